The maximum Gasteiger partial charge on any atom is 0.271 e. The van der Waals surface area contributed by atoms with Crippen molar-refractivity contribution in [2.75, 3.05) is 13.7 Å². The van der Waals surface area contributed by atoms with E-state index in [0.29, 0.717) is 35.9 Å². The predicted octanol–water partition coefficient (Wildman–Crippen LogP) is 2.85. The molecular formula is C16H20ClN3O2. The number of hydrogen-bond donors (Lipinski definition) is 1. The van der Waals surface area contributed by atoms with Crippen molar-refractivity contribution in [3.05, 3.63) is 46.2 Å². The van der Waals surface area contributed by atoms with Crippen molar-refractivity contribution < 1.29 is 9.53 Å². The average molecular weight is 322 g/mol. The van der Waals surface area contributed by atoms with Gasteiger partial charge < -0.3 is 10.1 Å². The van der Waals surface area contributed by atoms with Crippen LogP contribution in [0.25, 0.3) is 0 Å². The Kier molecular flexibility index (Phi) is 5.44. The Hall–Kier alpha value is -2.01. The molecule has 0 unspecified atom stereocenters. The van der Waals surface area contributed by atoms with Gasteiger partial charge in [-0.05, 0) is 31.9 Å². The first-order valence-corrected chi connectivity index (χ1v) is 7.59. The monoisotopic (exact) mass is 321 g/mol. The van der Waals surface area contributed by atoms with E-state index in [2.05, 4.69) is 10.4 Å². The number of halogens is 1. The molecule has 0 fully saturated rings. The number of methoxy groups -OCH3 is 1. The molecule has 1 heterocycles. The third-order valence-electron chi connectivity index (χ3n) is 3.44. The topological polar surface area (TPSA) is 56.2 Å². The second-order valence-electron chi connectivity index (χ2n) is 4.88. The molecule has 1 N–H and O–H groups in total. The predicted molar refractivity (Wildman–Crippen MR) is 86.7 cm³/mol. The molecule has 2 aromatic rings. The van der Waals surface area contributed by atoms with Gasteiger partial charge in [0.1, 0.15) is 11.4 Å². The smallest absolute Gasteiger partial charge is 0.271 e. The molecule has 1 aromatic heterocycles. The molecule has 0 atom stereocenters. The highest BCUT2D eigenvalue weighted by molar-refractivity contribution is 6.34. The molecule has 0 aliphatic rings. The van der Waals surface area contributed by atoms with E-state index in [9.17, 15) is 4.79 Å². The second-order valence-corrected chi connectivity index (χ2v) is 5.26. The Balaban J connectivity index is 2.02. The van der Waals surface area contributed by atoms with Crippen LogP contribution >= 0.6 is 11.6 Å². The van der Waals surface area contributed by atoms with Gasteiger partial charge in [-0.3, -0.25) is 9.48 Å². The van der Waals surface area contributed by atoms with Gasteiger partial charge in [0.15, 0.2) is 0 Å². The van der Waals surface area contributed by atoms with E-state index in [0.717, 1.165) is 11.3 Å². The first-order chi connectivity index (χ1) is 10.6. The number of aryl methyl sites for hydroxylation is 2. The number of amides is 1. The lowest BCUT2D eigenvalue weighted by Crippen LogP contribution is -2.28. The molecule has 0 saturated carbocycles. The lowest BCUT2D eigenvalue weighted by Gasteiger charge is -2.10. The van der Waals surface area contributed by atoms with Crippen molar-refractivity contribution in [3.63, 3.8) is 0 Å². The summed E-state index contributed by atoms with van der Waals surface area (Å²) >= 11 is 6.17. The molecule has 1 amide bonds. The zero-order valence-corrected chi connectivity index (χ0v) is 13.8. The van der Waals surface area contributed by atoms with Crippen LogP contribution in [0.2, 0.25) is 5.02 Å². The first-order valence-electron chi connectivity index (χ1n) is 7.21. The summed E-state index contributed by atoms with van der Waals surface area (Å²) in [5, 5.41) is 7.55. The van der Waals surface area contributed by atoms with E-state index >= 15 is 0 Å². The van der Waals surface area contributed by atoms with Gasteiger partial charge in [0, 0.05) is 13.1 Å². The fourth-order valence-corrected chi connectivity index (χ4v) is 2.53. The number of carbonyl (C=O) groups is 1. The summed E-state index contributed by atoms with van der Waals surface area (Å²) in [6.45, 7) is 4.82. The van der Waals surface area contributed by atoms with Crippen LogP contribution in [0.5, 0.6) is 5.75 Å². The maximum absolute atomic E-state index is 12.3. The third-order valence-corrected chi connectivity index (χ3v) is 3.89. The van der Waals surface area contributed by atoms with E-state index in [-0.39, 0.29) is 5.91 Å². The molecule has 5 nitrogen and oxygen atoms in total. The molecular weight excluding hydrogens is 302 g/mol. The quantitative estimate of drug-likeness (QED) is 0.890. The summed E-state index contributed by atoms with van der Waals surface area (Å²) in [4.78, 5) is 12.3. The van der Waals surface area contributed by atoms with Gasteiger partial charge in [-0.25, -0.2) is 0 Å². The van der Waals surface area contributed by atoms with Crippen molar-refractivity contribution >= 4 is 17.5 Å². The Morgan fingerprint density at radius 1 is 1.41 bits per heavy atom. The van der Waals surface area contributed by atoms with E-state index in [1.807, 2.05) is 31.2 Å². The number of carbonyl (C=O) groups excluding carboxylic acids is 1. The van der Waals surface area contributed by atoms with E-state index in [1.165, 1.54) is 0 Å². The minimum Gasteiger partial charge on any atom is -0.496 e. The van der Waals surface area contributed by atoms with E-state index < -0.39 is 0 Å². The summed E-state index contributed by atoms with van der Waals surface area (Å²) in [5.41, 5.74) is 2.14. The molecule has 0 saturated heterocycles. The number of hydrogen-bond acceptors (Lipinski definition) is 3. The number of aromatic nitrogens is 2. The van der Waals surface area contributed by atoms with Crippen molar-refractivity contribution in [1.82, 2.24) is 15.1 Å². The molecule has 0 aliphatic carbocycles. The standard InChI is InChI=1S/C16H20ClN3O2/c1-4-20-15(14(17)11(2)19-20)16(21)18-10-9-12-7-5-6-8-13(12)22-3/h5-8H,4,9-10H2,1-3H3,(H,18,21). The molecule has 6 heteroatoms. The van der Waals surface area contributed by atoms with Gasteiger partial charge >= 0.3 is 0 Å². The van der Waals surface area contributed by atoms with Crippen LogP contribution in [-0.2, 0) is 13.0 Å². The minimum atomic E-state index is -0.206. The van der Waals surface area contributed by atoms with Crippen molar-refractivity contribution in [1.29, 1.82) is 0 Å². The highest BCUT2D eigenvalue weighted by Crippen LogP contribution is 2.20. The summed E-state index contributed by atoms with van der Waals surface area (Å²) in [5.74, 6) is 0.617. The van der Waals surface area contributed by atoms with Crippen LogP contribution in [0, 0.1) is 6.92 Å². The summed E-state index contributed by atoms with van der Waals surface area (Å²) in [6, 6.07) is 7.76. The zero-order chi connectivity index (χ0) is 16.1. The van der Waals surface area contributed by atoms with Crippen LogP contribution in [-0.4, -0.2) is 29.3 Å². The van der Waals surface area contributed by atoms with Gasteiger partial charge in [0.2, 0.25) is 0 Å². The van der Waals surface area contributed by atoms with Crippen molar-refractivity contribution in [2.45, 2.75) is 26.8 Å². The fourth-order valence-electron chi connectivity index (χ4n) is 2.31. The van der Waals surface area contributed by atoms with Gasteiger partial charge in [0.25, 0.3) is 5.91 Å². The van der Waals surface area contributed by atoms with Gasteiger partial charge in [-0.1, -0.05) is 29.8 Å². The molecule has 118 valence electrons. The van der Waals surface area contributed by atoms with Crippen LogP contribution in [0.1, 0.15) is 28.7 Å². The Morgan fingerprint density at radius 2 is 2.14 bits per heavy atom. The molecule has 1 aromatic carbocycles. The average Bonchev–Trinajstić information content (AvgIpc) is 2.82. The highest BCUT2D eigenvalue weighted by Gasteiger charge is 2.19. The van der Waals surface area contributed by atoms with Crippen LogP contribution < -0.4 is 10.1 Å². The summed E-state index contributed by atoms with van der Waals surface area (Å²) in [7, 11) is 1.64. The van der Waals surface area contributed by atoms with Crippen LogP contribution in [0.3, 0.4) is 0 Å². The lowest BCUT2D eigenvalue weighted by molar-refractivity contribution is 0.0943. The summed E-state index contributed by atoms with van der Waals surface area (Å²) < 4.78 is 6.92. The zero-order valence-electron chi connectivity index (χ0n) is 13.0. The van der Waals surface area contributed by atoms with Crippen molar-refractivity contribution in [3.8, 4) is 5.75 Å². The molecule has 0 aliphatic heterocycles. The number of para-hydroxylation sites is 1. The number of nitrogens with one attached hydrogen (secondary N) is 1. The normalized spacial score (nSPS) is 10.5. The minimum absolute atomic E-state index is 0.206. The number of ether oxygens (including phenoxy) is 1. The van der Waals surface area contributed by atoms with E-state index in [4.69, 9.17) is 16.3 Å². The molecule has 0 bridgehead atoms. The summed E-state index contributed by atoms with van der Waals surface area (Å²) in [6.07, 6.45) is 0.687. The van der Waals surface area contributed by atoms with Gasteiger partial charge in [-0.2, -0.15) is 5.10 Å². The highest BCUT2D eigenvalue weighted by atomic mass is 35.5. The maximum atomic E-state index is 12.3. The number of nitrogens with zero attached hydrogens (tertiary/aromatic N) is 2. The Bertz CT molecular complexity index is 667. The Morgan fingerprint density at radius 3 is 2.82 bits per heavy atom. The number of benzene rings is 1. The third kappa shape index (κ3) is 3.42. The van der Waals surface area contributed by atoms with E-state index in [1.54, 1.807) is 18.7 Å². The SMILES string of the molecule is CCn1nc(C)c(Cl)c1C(=O)NCCc1ccccc1OC. The second kappa shape index (κ2) is 7.31. The largest absolute Gasteiger partial charge is 0.496 e. The lowest BCUT2D eigenvalue weighted by atomic mass is 10.1. The molecule has 0 spiro atoms. The molecule has 0 radical (unpaired) electrons. The van der Waals surface area contributed by atoms with Gasteiger partial charge in [0.05, 0.1) is 17.8 Å². The fraction of sp³-hybridized carbons (Fsp3) is 0.375. The Labute approximate surface area is 135 Å². The van der Waals surface area contributed by atoms with Crippen LogP contribution in [0.15, 0.2) is 24.3 Å². The molecule has 2 rings (SSSR count). The molecule has 22 heavy (non-hydrogen) atoms. The number of rotatable bonds is 6. The van der Waals surface area contributed by atoms with Crippen molar-refractivity contribution in [2.24, 2.45) is 0 Å². The van der Waals surface area contributed by atoms with Crippen LogP contribution in [0.4, 0.5) is 0 Å². The first kappa shape index (κ1) is 16.4. The van der Waals surface area contributed by atoms with Gasteiger partial charge in [-0.15, -0.1) is 0 Å².